The molecule has 1 unspecified atom stereocenters. The maximum absolute atomic E-state index is 11.9. The first kappa shape index (κ1) is 21.2. The summed E-state index contributed by atoms with van der Waals surface area (Å²) >= 11 is 0. The second-order valence-electron chi connectivity index (χ2n) is 6.99. The standard InChI is InChI=1S/C17H31N3O5/c1-7-24-14(21)12-10-11(12)13(8-9-23-6)19-15(18-5)20-16(22)25-17(2,3)4/h11-13H,7-10H2,1-6H3,(H2,18,19,20,22)/t11-,12-,13?/m1/s1. The smallest absolute Gasteiger partial charge is 0.414 e. The number of nitrogens with zero attached hydrogens (tertiary/aromatic N) is 1. The number of guanidine groups is 1. The van der Waals surface area contributed by atoms with Crippen LogP contribution in [0.5, 0.6) is 0 Å². The molecule has 0 aliphatic heterocycles. The van der Waals surface area contributed by atoms with E-state index >= 15 is 0 Å². The summed E-state index contributed by atoms with van der Waals surface area (Å²) in [7, 11) is 3.20. The summed E-state index contributed by atoms with van der Waals surface area (Å²) in [6.07, 6.45) is 0.860. The largest absolute Gasteiger partial charge is 0.466 e. The zero-order chi connectivity index (χ0) is 19.0. The van der Waals surface area contributed by atoms with Gasteiger partial charge in [-0.1, -0.05) is 0 Å². The van der Waals surface area contributed by atoms with Crippen molar-refractivity contribution in [3.63, 3.8) is 0 Å². The van der Waals surface area contributed by atoms with Gasteiger partial charge in [0.15, 0.2) is 0 Å². The van der Waals surface area contributed by atoms with Crippen molar-refractivity contribution < 1.29 is 23.8 Å². The van der Waals surface area contributed by atoms with Crippen LogP contribution >= 0.6 is 0 Å². The van der Waals surface area contributed by atoms with Crippen molar-refractivity contribution in [1.82, 2.24) is 10.6 Å². The molecule has 1 amide bonds. The van der Waals surface area contributed by atoms with Gasteiger partial charge in [0.1, 0.15) is 5.60 Å². The molecule has 3 atom stereocenters. The average Bonchev–Trinajstić information content (AvgIpc) is 3.29. The molecule has 8 nitrogen and oxygen atoms in total. The second-order valence-corrected chi connectivity index (χ2v) is 6.99. The van der Waals surface area contributed by atoms with E-state index in [0.29, 0.717) is 25.6 Å². The number of rotatable bonds is 7. The van der Waals surface area contributed by atoms with Crippen molar-refractivity contribution >= 4 is 18.0 Å². The molecule has 1 aliphatic rings. The fourth-order valence-electron chi connectivity index (χ4n) is 2.55. The first-order valence-corrected chi connectivity index (χ1v) is 8.60. The summed E-state index contributed by atoms with van der Waals surface area (Å²) in [5.41, 5.74) is -0.593. The lowest BCUT2D eigenvalue weighted by atomic mass is 10.1. The minimum absolute atomic E-state index is 0.0528. The Morgan fingerprint density at radius 3 is 2.52 bits per heavy atom. The van der Waals surface area contributed by atoms with E-state index in [-0.39, 0.29) is 23.8 Å². The van der Waals surface area contributed by atoms with E-state index in [1.165, 1.54) is 0 Å². The van der Waals surface area contributed by atoms with Crippen molar-refractivity contribution in [3.05, 3.63) is 0 Å². The van der Waals surface area contributed by atoms with E-state index in [2.05, 4.69) is 15.6 Å². The number of carbonyl (C=O) groups is 2. The monoisotopic (exact) mass is 357 g/mol. The van der Waals surface area contributed by atoms with E-state index < -0.39 is 11.7 Å². The minimum Gasteiger partial charge on any atom is -0.466 e. The van der Waals surface area contributed by atoms with Crippen molar-refractivity contribution in [3.8, 4) is 0 Å². The Hall–Kier alpha value is -1.83. The molecule has 0 radical (unpaired) electrons. The van der Waals surface area contributed by atoms with Gasteiger partial charge in [-0.05, 0) is 46.5 Å². The van der Waals surface area contributed by atoms with E-state index in [4.69, 9.17) is 14.2 Å². The zero-order valence-corrected chi connectivity index (χ0v) is 16.0. The number of ether oxygens (including phenoxy) is 3. The van der Waals surface area contributed by atoms with Crippen molar-refractivity contribution in [2.24, 2.45) is 16.8 Å². The van der Waals surface area contributed by atoms with Crippen LogP contribution in [0.3, 0.4) is 0 Å². The molecular weight excluding hydrogens is 326 g/mol. The van der Waals surface area contributed by atoms with Gasteiger partial charge < -0.3 is 19.5 Å². The number of aliphatic imine (C=N–C) groups is 1. The van der Waals surface area contributed by atoms with Crippen molar-refractivity contribution in [2.45, 2.75) is 52.2 Å². The maximum atomic E-state index is 11.9. The quantitative estimate of drug-likeness (QED) is 0.409. The lowest BCUT2D eigenvalue weighted by Gasteiger charge is -2.23. The highest BCUT2D eigenvalue weighted by atomic mass is 16.6. The highest BCUT2D eigenvalue weighted by Crippen LogP contribution is 2.43. The van der Waals surface area contributed by atoms with Crippen LogP contribution in [0.4, 0.5) is 4.79 Å². The van der Waals surface area contributed by atoms with Gasteiger partial charge >= 0.3 is 12.1 Å². The topological polar surface area (TPSA) is 98.3 Å². The third-order valence-electron chi connectivity index (χ3n) is 3.74. The molecule has 0 spiro atoms. The third kappa shape index (κ3) is 7.72. The molecule has 1 saturated carbocycles. The molecule has 25 heavy (non-hydrogen) atoms. The van der Waals surface area contributed by atoms with Crippen LogP contribution < -0.4 is 10.6 Å². The van der Waals surface area contributed by atoms with Gasteiger partial charge in [-0.15, -0.1) is 0 Å². The van der Waals surface area contributed by atoms with Gasteiger partial charge in [-0.3, -0.25) is 15.1 Å². The van der Waals surface area contributed by atoms with Gasteiger partial charge in [-0.2, -0.15) is 0 Å². The van der Waals surface area contributed by atoms with Crippen LogP contribution in [0.1, 0.15) is 40.5 Å². The molecule has 8 heteroatoms. The number of methoxy groups -OCH3 is 1. The summed E-state index contributed by atoms with van der Waals surface area (Å²) in [6, 6.07) is -0.0528. The summed E-state index contributed by atoms with van der Waals surface area (Å²) in [6.45, 7) is 8.07. The van der Waals surface area contributed by atoms with Crippen LogP contribution in [-0.4, -0.2) is 57.0 Å². The van der Waals surface area contributed by atoms with Gasteiger partial charge in [0.2, 0.25) is 5.96 Å². The van der Waals surface area contributed by atoms with Crippen LogP contribution in [0, 0.1) is 11.8 Å². The summed E-state index contributed by atoms with van der Waals surface area (Å²) in [5.74, 6) is 0.150. The molecule has 1 rings (SSSR count). The molecule has 0 aromatic heterocycles. The highest BCUT2D eigenvalue weighted by Gasteiger charge is 2.48. The first-order chi connectivity index (χ1) is 11.7. The van der Waals surface area contributed by atoms with Crippen molar-refractivity contribution in [2.75, 3.05) is 27.4 Å². The highest BCUT2D eigenvalue weighted by molar-refractivity contribution is 5.94. The molecule has 0 aromatic carbocycles. The van der Waals surface area contributed by atoms with Crippen LogP contribution in [-0.2, 0) is 19.0 Å². The van der Waals surface area contributed by atoms with Gasteiger partial charge in [0.25, 0.3) is 0 Å². The third-order valence-corrected chi connectivity index (χ3v) is 3.74. The minimum atomic E-state index is -0.593. The molecule has 0 aromatic rings. The van der Waals surface area contributed by atoms with Gasteiger partial charge in [-0.25, -0.2) is 4.79 Å². The first-order valence-electron chi connectivity index (χ1n) is 8.60. The maximum Gasteiger partial charge on any atom is 0.414 e. The second kappa shape index (κ2) is 9.60. The Morgan fingerprint density at radius 1 is 1.32 bits per heavy atom. The average molecular weight is 357 g/mol. The molecular formula is C17H31N3O5. The fraction of sp³-hybridized carbons (Fsp3) is 0.824. The van der Waals surface area contributed by atoms with Gasteiger partial charge in [0, 0.05) is 26.8 Å². The molecule has 0 heterocycles. The predicted molar refractivity (Wildman–Crippen MR) is 94.4 cm³/mol. The van der Waals surface area contributed by atoms with E-state index in [0.717, 1.165) is 6.42 Å². The Labute approximate surface area is 149 Å². The Kier molecular flexibility index (Phi) is 8.15. The predicted octanol–water partition coefficient (Wildman–Crippen LogP) is 1.69. The summed E-state index contributed by atoms with van der Waals surface area (Å²) in [5, 5.41) is 5.80. The molecule has 1 aliphatic carbocycles. The normalized spacial score (nSPS) is 21.3. The number of hydrogen-bond acceptors (Lipinski definition) is 6. The van der Waals surface area contributed by atoms with Crippen LogP contribution in [0.2, 0.25) is 0 Å². The van der Waals surface area contributed by atoms with E-state index in [9.17, 15) is 9.59 Å². The van der Waals surface area contributed by atoms with Crippen LogP contribution in [0.25, 0.3) is 0 Å². The summed E-state index contributed by atoms with van der Waals surface area (Å²) < 4.78 is 15.5. The van der Waals surface area contributed by atoms with E-state index in [1.54, 1.807) is 41.9 Å². The zero-order valence-electron chi connectivity index (χ0n) is 16.0. The summed E-state index contributed by atoms with van der Waals surface area (Å²) in [4.78, 5) is 27.9. The molecule has 1 fully saturated rings. The number of hydrogen-bond donors (Lipinski definition) is 2. The number of amides is 1. The van der Waals surface area contributed by atoms with E-state index in [1.807, 2.05) is 0 Å². The Balaban J connectivity index is 2.64. The number of alkyl carbamates (subject to hydrolysis) is 1. The number of carbonyl (C=O) groups excluding carboxylic acids is 2. The fourth-order valence-corrected chi connectivity index (χ4v) is 2.55. The number of esters is 1. The Bertz CT molecular complexity index is 487. The Morgan fingerprint density at radius 2 is 2.00 bits per heavy atom. The molecule has 144 valence electrons. The van der Waals surface area contributed by atoms with Crippen LogP contribution in [0.15, 0.2) is 4.99 Å². The molecule has 0 bridgehead atoms. The lowest BCUT2D eigenvalue weighted by molar-refractivity contribution is -0.145. The number of nitrogens with one attached hydrogen (secondary N) is 2. The SMILES string of the molecule is CCOC(=O)[C@@H]1C[C@H]1C(CCOC)NC(=NC)NC(=O)OC(C)(C)C. The van der Waals surface area contributed by atoms with Gasteiger partial charge in [0.05, 0.1) is 12.5 Å². The molecule has 2 N–H and O–H groups in total. The van der Waals surface area contributed by atoms with Crippen molar-refractivity contribution in [1.29, 1.82) is 0 Å². The molecule has 0 saturated heterocycles. The lowest BCUT2D eigenvalue weighted by Crippen LogP contribution is -2.48.